The Kier molecular flexibility index (Phi) is 4.70. The maximum atomic E-state index is 12.6. The molecule has 0 radical (unpaired) electrons. The van der Waals surface area contributed by atoms with Crippen LogP contribution in [0.1, 0.15) is 16.8 Å². The normalized spacial score (nSPS) is 21.1. The third-order valence-electron chi connectivity index (χ3n) is 3.26. The largest absolute Gasteiger partial charge is 0.268 e. The van der Waals surface area contributed by atoms with Crippen LogP contribution in [0.2, 0.25) is 0 Å². The van der Waals surface area contributed by atoms with Crippen LogP contribution in [0, 0.1) is 3.57 Å². The first-order valence-electron chi connectivity index (χ1n) is 6.27. The molecule has 0 spiro atoms. The van der Waals surface area contributed by atoms with Gasteiger partial charge in [0.25, 0.3) is 5.91 Å². The Morgan fingerprint density at radius 1 is 1.35 bits per heavy atom. The van der Waals surface area contributed by atoms with Crippen LogP contribution >= 0.6 is 22.6 Å². The van der Waals surface area contributed by atoms with Crippen molar-refractivity contribution in [3.05, 3.63) is 33.4 Å². The highest BCUT2D eigenvalue weighted by atomic mass is 127. The highest BCUT2D eigenvalue weighted by molar-refractivity contribution is 14.1. The van der Waals surface area contributed by atoms with Crippen LogP contribution in [0.4, 0.5) is 0 Å². The third kappa shape index (κ3) is 3.50. The number of carbonyl (C=O) groups is 1. The van der Waals surface area contributed by atoms with Crippen molar-refractivity contribution in [1.82, 2.24) is 10.0 Å². The number of hydrogen-bond acceptors (Lipinski definition) is 4. The summed E-state index contributed by atoms with van der Waals surface area (Å²) in [5, 5.41) is 3.23. The van der Waals surface area contributed by atoms with Crippen LogP contribution in [0.25, 0.3) is 0 Å². The maximum Gasteiger partial charge on any atom is 0.268 e. The molecular weight excluding hydrogens is 391 g/mol. The first-order valence-corrected chi connectivity index (χ1v) is 9.17. The van der Waals surface area contributed by atoms with Gasteiger partial charge in [-0.1, -0.05) is 6.07 Å². The molecule has 1 saturated heterocycles. The molecule has 1 heterocycles. The van der Waals surface area contributed by atoms with Crippen molar-refractivity contribution in [3.63, 3.8) is 0 Å². The van der Waals surface area contributed by atoms with Crippen LogP contribution < -0.4 is 0 Å². The van der Waals surface area contributed by atoms with Crippen LogP contribution in [-0.4, -0.2) is 56.0 Å². The number of carbonyl (C=O) groups excluding carboxylic acids is 1. The fourth-order valence-corrected chi connectivity index (χ4v) is 4.63. The van der Waals surface area contributed by atoms with Gasteiger partial charge in [-0.15, -0.1) is 0 Å². The summed E-state index contributed by atoms with van der Waals surface area (Å²) in [4.78, 5) is 12.6. The summed E-state index contributed by atoms with van der Waals surface area (Å²) >= 11 is 2.15. The van der Waals surface area contributed by atoms with E-state index in [-0.39, 0.29) is 23.5 Å². The van der Waals surface area contributed by atoms with Gasteiger partial charge in [-0.3, -0.25) is 9.80 Å². The molecule has 1 aliphatic rings. The summed E-state index contributed by atoms with van der Waals surface area (Å²) in [5.41, 5.74) is 0.579. The van der Waals surface area contributed by atoms with E-state index >= 15 is 0 Å². The molecular formula is C13H17IN2O3S. The average Bonchev–Trinajstić information content (AvgIpc) is 2.69. The second-order valence-corrected chi connectivity index (χ2v) is 8.54. The minimum atomic E-state index is -3.02. The Labute approximate surface area is 133 Å². The summed E-state index contributed by atoms with van der Waals surface area (Å²) in [5.74, 6) is 0.0400. The zero-order chi connectivity index (χ0) is 14.9. The average molecular weight is 408 g/mol. The lowest BCUT2D eigenvalue weighted by Crippen LogP contribution is -2.49. The standard InChI is InChI=1S/C13H17IN2O3S/c1-15(2)16(12-6-7-20(18,19)9-12)13(17)10-4-3-5-11(14)8-10/h3-5,8,12H,6-7,9H2,1-2H3/t12-/m0/s1. The maximum absolute atomic E-state index is 12.6. The molecule has 110 valence electrons. The van der Waals surface area contributed by atoms with Crippen LogP contribution in [0.5, 0.6) is 0 Å². The van der Waals surface area contributed by atoms with Gasteiger partial charge in [0.1, 0.15) is 0 Å². The molecule has 0 saturated carbocycles. The second-order valence-electron chi connectivity index (χ2n) is 5.06. The molecule has 2 rings (SSSR count). The van der Waals surface area contributed by atoms with Crippen LogP contribution in [0.15, 0.2) is 24.3 Å². The Hall–Kier alpha value is -0.670. The van der Waals surface area contributed by atoms with Gasteiger partial charge in [0.15, 0.2) is 9.84 Å². The molecule has 1 atom stereocenters. The molecule has 20 heavy (non-hydrogen) atoms. The number of hydrazine groups is 1. The van der Waals surface area contributed by atoms with E-state index in [0.717, 1.165) is 3.57 Å². The predicted molar refractivity (Wildman–Crippen MR) is 86.1 cm³/mol. The minimum absolute atomic E-state index is 0.0425. The zero-order valence-corrected chi connectivity index (χ0v) is 14.4. The van der Waals surface area contributed by atoms with Gasteiger partial charge in [-0.05, 0) is 47.2 Å². The van der Waals surface area contributed by atoms with Gasteiger partial charge in [0.2, 0.25) is 0 Å². The number of rotatable bonds is 3. The second kappa shape index (κ2) is 5.98. The molecule has 7 heteroatoms. The Morgan fingerprint density at radius 3 is 2.55 bits per heavy atom. The lowest BCUT2D eigenvalue weighted by molar-refractivity contribution is 0.00101. The van der Waals surface area contributed by atoms with Gasteiger partial charge >= 0.3 is 0 Å². The first kappa shape index (κ1) is 15.7. The molecule has 0 bridgehead atoms. The molecule has 1 aromatic rings. The fourth-order valence-electron chi connectivity index (χ4n) is 2.40. The quantitative estimate of drug-likeness (QED) is 0.561. The van der Waals surface area contributed by atoms with E-state index in [1.54, 1.807) is 30.2 Å². The van der Waals surface area contributed by atoms with E-state index in [9.17, 15) is 13.2 Å². The molecule has 0 unspecified atom stereocenters. The Morgan fingerprint density at radius 2 is 2.05 bits per heavy atom. The van der Waals surface area contributed by atoms with Crippen molar-refractivity contribution >= 4 is 38.3 Å². The van der Waals surface area contributed by atoms with Gasteiger partial charge < -0.3 is 0 Å². The molecule has 1 amide bonds. The number of sulfone groups is 1. The molecule has 1 aromatic carbocycles. The zero-order valence-electron chi connectivity index (χ0n) is 11.4. The minimum Gasteiger partial charge on any atom is -0.268 e. The summed E-state index contributed by atoms with van der Waals surface area (Å²) in [6.07, 6.45) is 0.496. The number of amides is 1. The Balaban J connectivity index is 2.28. The molecule has 5 nitrogen and oxygen atoms in total. The molecule has 0 aromatic heterocycles. The molecule has 0 N–H and O–H groups in total. The number of halogens is 1. The first-order chi connectivity index (χ1) is 9.30. The number of benzene rings is 1. The van der Waals surface area contributed by atoms with E-state index in [1.807, 2.05) is 18.2 Å². The van der Waals surface area contributed by atoms with Crippen molar-refractivity contribution in [1.29, 1.82) is 0 Å². The number of nitrogens with zero attached hydrogens (tertiary/aromatic N) is 2. The smallest absolute Gasteiger partial charge is 0.268 e. The Bertz CT molecular complexity index is 616. The van der Waals surface area contributed by atoms with E-state index in [0.29, 0.717) is 12.0 Å². The SMILES string of the molecule is CN(C)N(C(=O)c1cccc(I)c1)[C@H]1CCS(=O)(=O)C1. The summed E-state index contributed by atoms with van der Waals surface area (Å²) in [6.45, 7) is 0. The lowest BCUT2D eigenvalue weighted by atomic mass is 10.1. The number of hydrogen-bond donors (Lipinski definition) is 0. The lowest BCUT2D eigenvalue weighted by Gasteiger charge is -2.33. The van der Waals surface area contributed by atoms with Crippen LogP contribution in [0.3, 0.4) is 0 Å². The monoisotopic (exact) mass is 408 g/mol. The topological polar surface area (TPSA) is 57.7 Å². The summed E-state index contributed by atoms with van der Waals surface area (Å²) in [7, 11) is 0.501. The van der Waals surface area contributed by atoms with E-state index in [4.69, 9.17) is 0 Å². The van der Waals surface area contributed by atoms with Crippen molar-refractivity contribution in [2.45, 2.75) is 12.5 Å². The molecule has 0 aliphatic carbocycles. The summed E-state index contributed by atoms with van der Waals surface area (Å²) < 4.78 is 24.2. The van der Waals surface area contributed by atoms with Crippen molar-refractivity contribution < 1.29 is 13.2 Å². The third-order valence-corrected chi connectivity index (χ3v) is 5.69. The van der Waals surface area contributed by atoms with E-state index in [2.05, 4.69) is 22.6 Å². The van der Waals surface area contributed by atoms with E-state index in [1.165, 1.54) is 0 Å². The van der Waals surface area contributed by atoms with Crippen molar-refractivity contribution in [2.75, 3.05) is 25.6 Å². The van der Waals surface area contributed by atoms with Gasteiger partial charge in [-0.25, -0.2) is 13.4 Å². The van der Waals surface area contributed by atoms with Gasteiger partial charge in [-0.2, -0.15) is 0 Å². The van der Waals surface area contributed by atoms with Crippen molar-refractivity contribution in [2.24, 2.45) is 0 Å². The van der Waals surface area contributed by atoms with Crippen molar-refractivity contribution in [3.8, 4) is 0 Å². The van der Waals surface area contributed by atoms with Gasteiger partial charge in [0, 0.05) is 23.2 Å². The van der Waals surface area contributed by atoms with Gasteiger partial charge in [0.05, 0.1) is 17.5 Å². The highest BCUT2D eigenvalue weighted by Gasteiger charge is 2.36. The molecule has 1 aliphatic heterocycles. The van der Waals surface area contributed by atoms with E-state index < -0.39 is 9.84 Å². The fraction of sp³-hybridized carbons (Fsp3) is 0.462. The molecule has 1 fully saturated rings. The predicted octanol–water partition coefficient (Wildman–Crippen LogP) is 1.40. The summed E-state index contributed by atoms with van der Waals surface area (Å²) in [6, 6.07) is 7.03. The van der Waals surface area contributed by atoms with Crippen LogP contribution in [-0.2, 0) is 9.84 Å². The highest BCUT2D eigenvalue weighted by Crippen LogP contribution is 2.21.